The molecule has 0 aliphatic carbocycles. The number of hydrogen-bond donors (Lipinski definition) is 0. The topological polar surface area (TPSA) is 87.7 Å². The van der Waals surface area contributed by atoms with Gasteiger partial charge in [0.25, 0.3) is 11.8 Å². The van der Waals surface area contributed by atoms with Crippen LogP contribution >= 0.6 is 0 Å². The maximum atomic E-state index is 11.3. The molecule has 0 radical (unpaired) electrons. The first-order valence-electron chi connectivity index (χ1n) is 22.7. The molecule has 10 nitrogen and oxygen atoms in total. The van der Waals surface area contributed by atoms with Crippen LogP contribution in [0.25, 0.3) is 0 Å². The fourth-order valence-electron chi connectivity index (χ4n) is 5.85. The summed E-state index contributed by atoms with van der Waals surface area (Å²) in [4.78, 5) is 56.6. The van der Waals surface area contributed by atoms with Gasteiger partial charge < -0.3 is 14.7 Å². The van der Waals surface area contributed by atoms with Crippen LogP contribution < -0.4 is 0 Å². The Morgan fingerprint density at radius 3 is 0.983 bits per heavy atom. The smallest absolute Gasteiger partial charge is 0.261 e. The van der Waals surface area contributed by atoms with Gasteiger partial charge in [0.2, 0.25) is 11.8 Å². The molecule has 0 saturated carbocycles. The van der Waals surface area contributed by atoms with Crippen molar-refractivity contribution in [2.75, 3.05) is 81.6 Å². The van der Waals surface area contributed by atoms with E-state index in [4.69, 9.17) is 0 Å². The number of benzene rings is 2. The largest absolute Gasteiger partial charge is 0.306 e. The zero-order valence-corrected chi connectivity index (χ0v) is 41.9. The lowest BCUT2D eigenvalue weighted by Crippen LogP contribution is -2.43. The molecule has 4 amide bonds. The minimum atomic E-state index is -0.212. The van der Waals surface area contributed by atoms with Crippen molar-refractivity contribution in [1.82, 2.24) is 29.4 Å². The minimum absolute atomic E-state index is 0.0637. The molecule has 0 N–H and O–H groups in total. The molecule has 2 aromatic carbocycles. The molecule has 5 heterocycles. The molecule has 5 aliphatic heterocycles. The Morgan fingerprint density at radius 1 is 0.407 bits per heavy atom. The normalized spacial score (nSPS) is 17.3. The van der Waals surface area contributed by atoms with Crippen LogP contribution in [0.3, 0.4) is 0 Å². The third kappa shape index (κ3) is 25.1. The Balaban J connectivity index is -0.000000304. The van der Waals surface area contributed by atoms with E-state index in [0.29, 0.717) is 24.0 Å². The van der Waals surface area contributed by atoms with Gasteiger partial charge in [-0.3, -0.25) is 33.9 Å². The monoisotopic (exact) mass is 829 g/mol. The first kappa shape index (κ1) is 62.2. The highest BCUT2D eigenvalue weighted by Crippen LogP contribution is 2.30. The van der Waals surface area contributed by atoms with Gasteiger partial charge in [-0.25, -0.2) is 0 Å². The van der Waals surface area contributed by atoms with Crippen LogP contribution in [0.2, 0.25) is 0 Å². The first-order chi connectivity index (χ1) is 28.2. The maximum absolute atomic E-state index is 11.3. The quantitative estimate of drug-likeness (QED) is 0.243. The molecule has 10 heteroatoms. The molecule has 342 valence electrons. The van der Waals surface area contributed by atoms with E-state index in [9.17, 15) is 19.2 Å². The Morgan fingerprint density at radius 2 is 0.695 bits per heavy atom. The molecule has 0 unspecified atom stereocenters. The molecular formula is C49H92N6O4. The third-order valence-electron chi connectivity index (χ3n) is 9.06. The van der Waals surface area contributed by atoms with E-state index >= 15 is 0 Å². The minimum Gasteiger partial charge on any atom is -0.306 e. The average Bonchev–Trinajstić information content (AvgIpc) is 3.97. The zero-order chi connectivity index (χ0) is 46.7. The van der Waals surface area contributed by atoms with Gasteiger partial charge >= 0.3 is 0 Å². The lowest BCUT2D eigenvalue weighted by molar-refractivity contribution is -0.150. The van der Waals surface area contributed by atoms with Crippen LogP contribution in [0.4, 0.5) is 0 Å². The van der Waals surface area contributed by atoms with Crippen molar-refractivity contribution < 1.29 is 19.2 Å². The number of piperazine rings is 1. The standard InChI is InChI=1S/C9H7NO2.C9H11N.C8H13NO2.C6H14N2.C5H11N.6C2H6/c1-10-8(11)6-4-2-3-5-7(6)9(10)12;1-10-6-8-4-2-3-5-9(8)7-10;1-8(2)4-6(10)9(3)7(11)5-8;1-7-3-5-8(2)6-4-7;1-6-4-2-3-5-6;6*1-2/h2-5H,1H3;2-5H,6-7H2,1H3;4-5H2,1-3H3;3-6H2,1-2H3;2-5H2,1H3;6*1-2H3. The Labute approximate surface area is 364 Å². The molecule has 5 aliphatic rings. The molecule has 3 fully saturated rings. The molecule has 0 atom stereocenters. The molecule has 0 spiro atoms. The fraction of sp³-hybridized carbons (Fsp3) is 0.673. The van der Waals surface area contributed by atoms with E-state index in [0.717, 1.165) is 18.0 Å². The molecule has 59 heavy (non-hydrogen) atoms. The number of likely N-dealkylation sites (N-methyl/N-ethyl adjacent to an activating group) is 2. The summed E-state index contributed by atoms with van der Waals surface area (Å²) in [5.74, 6) is -0.552. The summed E-state index contributed by atoms with van der Waals surface area (Å²) in [5.41, 5.74) is 3.85. The molecule has 3 saturated heterocycles. The lowest BCUT2D eigenvalue weighted by atomic mass is 9.82. The van der Waals surface area contributed by atoms with Gasteiger partial charge in [0.05, 0.1) is 11.1 Å². The summed E-state index contributed by atoms with van der Waals surface area (Å²) in [6, 6.07) is 15.5. The Kier molecular flexibility index (Phi) is 39.6. The van der Waals surface area contributed by atoms with Crippen LogP contribution in [0.1, 0.15) is 154 Å². The van der Waals surface area contributed by atoms with E-state index in [-0.39, 0.29) is 29.0 Å². The predicted molar refractivity (Wildman–Crippen MR) is 255 cm³/mol. The number of nitrogens with zero attached hydrogens (tertiary/aromatic N) is 6. The fourth-order valence-corrected chi connectivity index (χ4v) is 5.85. The summed E-state index contributed by atoms with van der Waals surface area (Å²) in [6.45, 7) is 37.7. The van der Waals surface area contributed by atoms with Gasteiger partial charge in [0.15, 0.2) is 0 Å². The number of likely N-dealkylation sites (tertiary alicyclic amines) is 2. The number of amides is 4. The van der Waals surface area contributed by atoms with Crippen LogP contribution in [-0.4, -0.2) is 135 Å². The van der Waals surface area contributed by atoms with Gasteiger partial charge in [-0.2, -0.15) is 0 Å². The second-order valence-electron chi connectivity index (χ2n) is 14.1. The highest BCUT2D eigenvalue weighted by molar-refractivity contribution is 6.21. The second kappa shape index (κ2) is 37.6. The highest BCUT2D eigenvalue weighted by Gasteiger charge is 2.35. The van der Waals surface area contributed by atoms with Crippen LogP contribution in [0, 0.1) is 5.41 Å². The zero-order valence-electron chi connectivity index (χ0n) is 41.9. The highest BCUT2D eigenvalue weighted by atomic mass is 16.2. The number of rotatable bonds is 0. The molecule has 0 bridgehead atoms. The first-order valence-corrected chi connectivity index (χ1v) is 22.7. The summed E-state index contributed by atoms with van der Waals surface area (Å²) in [5, 5.41) is 0. The molecule has 7 rings (SSSR count). The number of carbonyl (C=O) groups is 4. The van der Waals surface area contributed by atoms with Gasteiger partial charge in [-0.1, -0.05) is 133 Å². The molecular weight excluding hydrogens is 737 g/mol. The number of carbonyl (C=O) groups excluding carboxylic acids is 4. The predicted octanol–water partition coefficient (Wildman–Crippen LogP) is 10.1. The summed E-state index contributed by atoms with van der Waals surface area (Å²) in [7, 11) is 11.7. The van der Waals surface area contributed by atoms with Crippen molar-refractivity contribution in [2.45, 2.75) is 136 Å². The van der Waals surface area contributed by atoms with E-state index in [1.54, 1.807) is 31.3 Å². The van der Waals surface area contributed by atoms with Gasteiger partial charge in [0.1, 0.15) is 0 Å². The lowest BCUT2D eigenvalue weighted by Gasteiger charge is -2.32. The van der Waals surface area contributed by atoms with E-state index < -0.39 is 0 Å². The van der Waals surface area contributed by atoms with Crippen LogP contribution in [0.5, 0.6) is 0 Å². The van der Waals surface area contributed by atoms with Crippen molar-refractivity contribution in [3.05, 3.63) is 70.8 Å². The van der Waals surface area contributed by atoms with Crippen molar-refractivity contribution in [1.29, 1.82) is 0 Å². The van der Waals surface area contributed by atoms with Crippen LogP contribution in [0.15, 0.2) is 48.5 Å². The number of fused-ring (bicyclic) bond motifs is 2. The van der Waals surface area contributed by atoms with E-state index in [1.165, 1.54) is 75.2 Å². The number of imide groups is 2. The van der Waals surface area contributed by atoms with Gasteiger partial charge in [-0.15, -0.1) is 0 Å². The Bertz CT molecular complexity index is 1280. The summed E-state index contributed by atoms with van der Waals surface area (Å²) in [6.07, 6.45) is 3.79. The van der Waals surface area contributed by atoms with Crippen molar-refractivity contribution >= 4 is 23.6 Å². The Hall–Kier alpha value is -3.44. The molecule has 2 aromatic rings. The summed E-state index contributed by atoms with van der Waals surface area (Å²) < 4.78 is 0. The molecule has 0 aromatic heterocycles. The third-order valence-corrected chi connectivity index (χ3v) is 9.06. The number of hydrogen-bond acceptors (Lipinski definition) is 8. The van der Waals surface area contributed by atoms with Gasteiger partial charge in [-0.05, 0) is 82.8 Å². The number of piperidine rings is 1. The van der Waals surface area contributed by atoms with E-state index in [2.05, 4.69) is 72.1 Å². The van der Waals surface area contributed by atoms with Crippen molar-refractivity contribution in [3.8, 4) is 0 Å². The maximum Gasteiger partial charge on any atom is 0.261 e. The van der Waals surface area contributed by atoms with E-state index in [1.807, 2.05) is 96.9 Å². The summed E-state index contributed by atoms with van der Waals surface area (Å²) >= 11 is 0. The van der Waals surface area contributed by atoms with Crippen molar-refractivity contribution in [2.24, 2.45) is 5.41 Å². The second-order valence-corrected chi connectivity index (χ2v) is 14.1. The van der Waals surface area contributed by atoms with Crippen molar-refractivity contribution in [3.63, 3.8) is 0 Å². The van der Waals surface area contributed by atoms with Crippen LogP contribution in [-0.2, 0) is 22.7 Å². The average molecular weight is 829 g/mol. The SMILES string of the molecule is CC.CC.CC.CC.CC.CC.CN1C(=O)CC(C)(C)CC1=O.CN1C(=O)c2ccccc2C1=O.CN1CCCC1.CN1CCN(C)CC1.CN1Cc2ccccc2C1. The van der Waals surface area contributed by atoms with Gasteiger partial charge in [0, 0.05) is 66.2 Å².